The van der Waals surface area contributed by atoms with E-state index in [2.05, 4.69) is 209 Å². The van der Waals surface area contributed by atoms with E-state index in [4.69, 9.17) is 0 Å². The number of fused-ring (bicyclic) bond motifs is 3. The third-order valence-electron chi connectivity index (χ3n) is 12.1. The first-order valence-corrected chi connectivity index (χ1v) is 21.0. The number of nitrogens with zero attached hydrogens (tertiary/aromatic N) is 2. The molecule has 286 valence electrons. The van der Waals surface area contributed by atoms with Crippen LogP contribution in [-0.2, 0) is 18.3 Å². The van der Waals surface area contributed by atoms with Gasteiger partial charge in [0.2, 0.25) is 0 Å². The molecule has 0 aliphatic heterocycles. The van der Waals surface area contributed by atoms with Gasteiger partial charge >= 0.3 is 0 Å². The summed E-state index contributed by atoms with van der Waals surface area (Å²) >= 11 is 0. The third-order valence-corrected chi connectivity index (χ3v) is 12.1. The Morgan fingerprint density at radius 3 is 1.18 bits per heavy atom. The average Bonchev–Trinajstić information content (AvgIpc) is 3.49. The van der Waals surface area contributed by atoms with Crippen molar-refractivity contribution in [1.82, 2.24) is 0 Å². The van der Waals surface area contributed by atoms with E-state index in [9.17, 15) is 0 Å². The van der Waals surface area contributed by atoms with Gasteiger partial charge in [0.25, 0.3) is 0 Å². The van der Waals surface area contributed by atoms with Crippen LogP contribution in [0.1, 0.15) is 91.0 Å². The Hall–Kier alpha value is -5.86. The molecule has 0 saturated heterocycles. The van der Waals surface area contributed by atoms with E-state index in [1.54, 1.807) is 0 Å². The highest BCUT2D eigenvalue weighted by molar-refractivity contribution is 5.90. The number of unbranched alkanes of at least 4 members (excludes halogenated alkanes) is 2. The molecule has 2 nitrogen and oxygen atoms in total. The SMILES string of the molecule is CCCCc1ccc(N(c2ccc(C)cc2)c2ccc3c(c2)C(C)(c2cccc(C)c2)c2cc(N(c4ccc(C)cc4)c4ccc(CCCC)cc4)ccc2-3)cc1. The molecule has 0 atom stereocenters. The van der Waals surface area contributed by atoms with Crippen LogP contribution >= 0.6 is 0 Å². The molecule has 0 heterocycles. The van der Waals surface area contributed by atoms with Gasteiger partial charge in [0.1, 0.15) is 0 Å². The molecule has 0 N–H and O–H groups in total. The number of benzene rings is 7. The fourth-order valence-corrected chi connectivity index (χ4v) is 8.72. The van der Waals surface area contributed by atoms with Crippen molar-refractivity contribution in [2.24, 2.45) is 0 Å². The number of aryl methyl sites for hydroxylation is 5. The zero-order chi connectivity index (χ0) is 39.5. The summed E-state index contributed by atoms with van der Waals surface area (Å²) in [5, 5.41) is 0. The van der Waals surface area contributed by atoms with E-state index in [1.807, 2.05) is 0 Å². The minimum Gasteiger partial charge on any atom is -0.310 e. The second-order valence-electron chi connectivity index (χ2n) is 16.3. The van der Waals surface area contributed by atoms with E-state index in [-0.39, 0.29) is 0 Å². The molecule has 57 heavy (non-hydrogen) atoms. The monoisotopic (exact) mass is 744 g/mol. The van der Waals surface area contributed by atoms with Crippen molar-refractivity contribution in [3.05, 3.63) is 202 Å². The predicted molar refractivity (Wildman–Crippen MR) is 245 cm³/mol. The van der Waals surface area contributed by atoms with Crippen LogP contribution in [0.5, 0.6) is 0 Å². The van der Waals surface area contributed by atoms with Crippen LogP contribution in [0.25, 0.3) is 11.1 Å². The lowest BCUT2D eigenvalue weighted by molar-refractivity contribution is 0.713. The molecule has 0 bridgehead atoms. The van der Waals surface area contributed by atoms with Gasteiger partial charge in [-0.3, -0.25) is 0 Å². The molecule has 8 rings (SSSR count). The van der Waals surface area contributed by atoms with E-state index in [0.717, 1.165) is 35.6 Å². The molecule has 0 radical (unpaired) electrons. The van der Waals surface area contributed by atoms with Crippen molar-refractivity contribution in [2.45, 2.75) is 85.5 Å². The topological polar surface area (TPSA) is 6.48 Å². The van der Waals surface area contributed by atoms with Crippen LogP contribution in [-0.4, -0.2) is 0 Å². The highest BCUT2D eigenvalue weighted by atomic mass is 15.1. The summed E-state index contributed by atoms with van der Waals surface area (Å²) in [5.74, 6) is 0. The van der Waals surface area contributed by atoms with Gasteiger partial charge in [-0.25, -0.2) is 0 Å². The maximum atomic E-state index is 2.47. The number of hydrogen-bond acceptors (Lipinski definition) is 2. The van der Waals surface area contributed by atoms with Gasteiger partial charge in [0, 0.05) is 39.5 Å². The van der Waals surface area contributed by atoms with E-state index in [0.29, 0.717) is 0 Å². The molecular weight excluding hydrogens is 689 g/mol. The Morgan fingerprint density at radius 2 is 0.789 bits per heavy atom. The van der Waals surface area contributed by atoms with Gasteiger partial charge in [-0.05, 0) is 165 Å². The Morgan fingerprint density at radius 1 is 0.404 bits per heavy atom. The lowest BCUT2D eigenvalue weighted by atomic mass is 9.73. The summed E-state index contributed by atoms with van der Waals surface area (Å²) in [6.07, 6.45) is 7.04. The highest BCUT2D eigenvalue weighted by Crippen LogP contribution is 2.55. The maximum Gasteiger partial charge on any atom is 0.0465 e. The summed E-state index contributed by atoms with van der Waals surface area (Å²) in [6, 6.07) is 59.8. The Kier molecular flexibility index (Phi) is 10.9. The molecule has 7 aromatic rings. The molecule has 0 saturated carbocycles. The van der Waals surface area contributed by atoms with Crippen molar-refractivity contribution in [3.8, 4) is 11.1 Å². The van der Waals surface area contributed by atoms with Gasteiger partial charge in [-0.15, -0.1) is 0 Å². The van der Waals surface area contributed by atoms with Gasteiger partial charge in [-0.1, -0.05) is 128 Å². The lowest BCUT2D eigenvalue weighted by Gasteiger charge is -2.32. The minimum atomic E-state index is -0.394. The maximum absolute atomic E-state index is 2.47. The molecule has 1 aliphatic carbocycles. The average molecular weight is 745 g/mol. The first-order valence-electron chi connectivity index (χ1n) is 21.0. The van der Waals surface area contributed by atoms with Crippen molar-refractivity contribution >= 4 is 34.1 Å². The molecule has 0 unspecified atom stereocenters. The molecule has 0 amide bonds. The van der Waals surface area contributed by atoms with Crippen LogP contribution in [0, 0.1) is 20.8 Å². The summed E-state index contributed by atoms with van der Waals surface area (Å²) in [4.78, 5) is 4.86. The Bertz CT molecular complexity index is 2300. The standard InChI is InChI=1S/C55H56N2/c1-7-9-13-42-20-28-47(29-21-42)56(45-24-16-39(3)17-25-45)49-32-34-51-52-35-33-50(38-54(52)55(6,53(51)37-49)44-15-11-12-41(5)36-44)57(46-26-18-40(4)19-27-46)48-30-22-43(23-31-48)14-10-8-2/h11-12,15-38H,7-10,13-14H2,1-6H3. The van der Waals surface area contributed by atoms with Gasteiger partial charge in [-0.2, -0.15) is 0 Å². The van der Waals surface area contributed by atoms with Gasteiger partial charge in [0.15, 0.2) is 0 Å². The summed E-state index contributed by atoms with van der Waals surface area (Å²) < 4.78 is 0. The van der Waals surface area contributed by atoms with Crippen molar-refractivity contribution in [3.63, 3.8) is 0 Å². The van der Waals surface area contributed by atoms with E-state index < -0.39 is 5.41 Å². The zero-order valence-corrected chi connectivity index (χ0v) is 34.6. The number of hydrogen-bond donors (Lipinski definition) is 0. The van der Waals surface area contributed by atoms with Crippen molar-refractivity contribution in [1.29, 1.82) is 0 Å². The molecular formula is C55H56N2. The Balaban J connectivity index is 1.28. The zero-order valence-electron chi connectivity index (χ0n) is 34.6. The van der Waals surface area contributed by atoms with Crippen LogP contribution in [0.3, 0.4) is 0 Å². The predicted octanol–water partition coefficient (Wildman–Crippen LogP) is 15.6. The first-order chi connectivity index (χ1) is 27.8. The van der Waals surface area contributed by atoms with Crippen LogP contribution in [0.15, 0.2) is 158 Å². The quantitative estimate of drug-likeness (QED) is 0.116. The number of rotatable bonds is 13. The van der Waals surface area contributed by atoms with E-state index in [1.165, 1.54) is 92.7 Å². The molecule has 0 aromatic heterocycles. The van der Waals surface area contributed by atoms with Crippen LogP contribution < -0.4 is 9.80 Å². The van der Waals surface area contributed by atoms with Crippen LogP contribution in [0.4, 0.5) is 34.1 Å². The normalized spacial score (nSPS) is 12.6. The largest absolute Gasteiger partial charge is 0.310 e. The van der Waals surface area contributed by atoms with Crippen molar-refractivity contribution in [2.75, 3.05) is 9.80 Å². The summed E-state index contributed by atoms with van der Waals surface area (Å²) in [6.45, 7) is 13.5. The molecule has 2 heteroatoms. The first kappa shape index (κ1) is 38.0. The molecule has 7 aromatic carbocycles. The van der Waals surface area contributed by atoms with E-state index >= 15 is 0 Å². The smallest absolute Gasteiger partial charge is 0.0465 e. The Labute approximate surface area is 341 Å². The highest BCUT2D eigenvalue weighted by Gasteiger charge is 2.42. The fraction of sp³-hybridized carbons (Fsp3) is 0.236. The molecule has 0 fully saturated rings. The van der Waals surface area contributed by atoms with Crippen LogP contribution in [0.2, 0.25) is 0 Å². The number of anilines is 6. The van der Waals surface area contributed by atoms with Crippen molar-refractivity contribution < 1.29 is 0 Å². The lowest BCUT2D eigenvalue weighted by Crippen LogP contribution is -2.23. The van der Waals surface area contributed by atoms with Gasteiger partial charge < -0.3 is 9.80 Å². The minimum absolute atomic E-state index is 0.394. The fourth-order valence-electron chi connectivity index (χ4n) is 8.72. The second kappa shape index (κ2) is 16.3. The summed E-state index contributed by atoms with van der Waals surface area (Å²) in [7, 11) is 0. The third kappa shape index (κ3) is 7.54. The summed E-state index contributed by atoms with van der Waals surface area (Å²) in [5.41, 5.74) is 19.7. The second-order valence-corrected chi connectivity index (χ2v) is 16.3. The molecule has 1 aliphatic rings. The molecule has 0 spiro atoms. The van der Waals surface area contributed by atoms with Gasteiger partial charge in [0.05, 0.1) is 0 Å².